The zero-order valence-corrected chi connectivity index (χ0v) is 37.0. The second kappa shape index (κ2) is 14.4. The summed E-state index contributed by atoms with van der Waals surface area (Å²) in [6.45, 7) is 8.67. The molecule has 7 heteroatoms. The van der Waals surface area contributed by atoms with Gasteiger partial charge in [0.2, 0.25) is 0 Å². The standard InChI is InChI=1S/C59H43BN2O4/c1-36-18-22-40(23-19-36)61(38-12-7-5-8-13-38)42-26-28-44-46-30-32-48-57(55(46)65-52(44)34-42)63-50-16-11-17-51-54(50)60(48)49-33-31-47-45-29-27-43(35-53(45)66-56(47)58(49)64-51)62(39-14-9-6-10-15-39)41-24-20-37(21-25-41)59(2,3)4/h5-35H,1-4H3. The first-order valence-electron chi connectivity index (χ1n) is 22.6. The largest absolute Gasteiger partial charge is 0.454 e. The fourth-order valence-corrected chi connectivity index (χ4v) is 10.1. The second-order valence-electron chi connectivity index (χ2n) is 18.6. The van der Waals surface area contributed by atoms with Gasteiger partial charge in [-0.05, 0) is 114 Å². The molecule has 11 aromatic rings. The van der Waals surface area contributed by atoms with Gasteiger partial charge in [-0.25, -0.2) is 0 Å². The van der Waals surface area contributed by atoms with E-state index in [9.17, 15) is 0 Å². The van der Waals surface area contributed by atoms with Gasteiger partial charge in [0.1, 0.15) is 22.7 Å². The van der Waals surface area contributed by atoms with Crippen LogP contribution in [0.25, 0.3) is 43.9 Å². The van der Waals surface area contributed by atoms with Crippen LogP contribution in [0.2, 0.25) is 0 Å². The van der Waals surface area contributed by atoms with E-state index in [1.165, 1.54) is 11.1 Å². The third kappa shape index (κ3) is 5.96. The van der Waals surface area contributed by atoms with Gasteiger partial charge in [-0.1, -0.05) is 117 Å². The van der Waals surface area contributed by atoms with Crippen molar-refractivity contribution in [3.8, 4) is 23.0 Å². The highest BCUT2D eigenvalue weighted by Crippen LogP contribution is 2.46. The Morgan fingerprint density at radius 1 is 0.409 bits per heavy atom. The van der Waals surface area contributed by atoms with Crippen LogP contribution in [0.15, 0.2) is 197 Å². The Bertz CT molecular complexity index is 3700. The lowest BCUT2D eigenvalue weighted by Gasteiger charge is -2.32. The van der Waals surface area contributed by atoms with Crippen LogP contribution in [-0.2, 0) is 5.41 Å². The highest BCUT2D eigenvalue weighted by molar-refractivity contribution is 6.98. The lowest BCUT2D eigenvalue weighted by atomic mass is 9.35. The van der Waals surface area contributed by atoms with E-state index in [0.717, 1.165) is 117 Å². The Balaban J connectivity index is 0.929. The summed E-state index contributed by atoms with van der Waals surface area (Å²) >= 11 is 0. The normalized spacial score (nSPS) is 12.8. The smallest absolute Gasteiger partial charge is 0.261 e. The number of hydrogen-bond acceptors (Lipinski definition) is 6. The van der Waals surface area contributed by atoms with Crippen LogP contribution in [0.3, 0.4) is 0 Å². The van der Waals surface area contributed by atoms with Gasteiger partial charge in [-0.3, -0.25) is 0 Å². The summed E-state index contributed by atoms with van der Waals surface area (Å²) in [5.41, 5.74) is 14.9. The van der Waals surface area contributed by atoms with Crippen LogP contribution >= 0.6 is 0 Å². The van der Waals surface area contributed by atoms with Crippen molar-refractivity contribution >= 4 is 101 Å². The van der Waals surface area contributed by atoms with Crippen LogP contribution in [0.1, 0.15) is 31.9 Å². The van der Waals surface area contributed by atoms with Crippen LogP contribution in [0.5, 0.6) is 23.0 Å². The summed E-state index contributed by atoms with van der Waals surface area (Å²) in [5.74, 6) is 2.95. The zero-order valence-electron chi connectivity index (χ0n) is 37.0. The topological polar surface area (TPSA) is 51.2 Å². The van der Waals surface area contributed by atoms with E-state index in [1.54, 1.807) is 0 Å². The van der Waals surface area contributed by atoms with Crippen molar-refractivity contribution in [3.05, 3.63) is 199 Å². The lowest BCUT2D eigenvalue weighted by molar-refractivity contribution is 0.459. The maximum Gasteiger partial charge on any atom is 0.261 e. The molecular formula is C59H43BN2O4. The molecule has 0 fully saturated rings. The molecular weight excluding hydrogens is 811 g/mol. The van der Waals surface area contributed by atoms with Gasteiger partial charge in [-0.15, -0.1) is 0 Å². The number of aryl methyl sites for hydroxylation is 1. The van der Waals surface area contributed by atoms with Crippen molar-refractivity contribution in [2.75, 3.05) is 9.80 Å². The van der Waals surface area contributed by atoms with Crippen molar-refractivity contribution in [1.29, 1.82) is 0 Å². The molecule has 13 rings (SSSR count). The molecule has 6 nitrogen and oxygen atoms in total. The molecule has 0 spiro atoms. The SMILES string of the molecule is Cc1ccc(N(c2ccccc2)c2ccc3c(c2)oc2c4c(ccc23)B2c3ccc5c(oc6cc(N(c7ccccc7)c7ccc(C(C)(C)C)cc7)ccc65)c3Oc3cccc(c32)O4)cc1. The van der Waals surface area contributed by atoms with Crippen molar-refractivity contribution in [3.63, 3.8) is 0 Å². The highest BCUT2D eigenvalue weighted by Gasteiger charge is 2.42. The molecule has 2 aliphatic heterocycles. The first kappa shape index (κ1) is 38.3. The van der Waals surface area contributed by atoms with Gasteiger partial charge in [0.15, 0.2) is 22.7 Å². The summed E-state index contributed by atoms with van der Waals surface area (Å²) in [4.78, 5) is 4.55. The van der Waals surface area contributed by atoms with E-state index in [1.807, 2.05) is 24.3 Å². The van der Waals surface area contributed by atoms with Crippen LogP contribution < -0.4 is 35.7 Å². The summed E-state index contributed by atoms with van der Waals surface area (Å²) < 4.78 is 27.6. The third-order valence-corrected chi connectivity index (χ3v) is 13.4. The maximum atomic E-state index is 6.93. The number of furan rings is 2. The molecule has 9 aromatic carbocycles. The number of rotatable bonds is 6. The third-order valence-electron chi connectivity index (χ3n) is 13.4. The van der Waals surface area contributed by atoms with E-state index in [0.29, 0.717) is 0 Å². The van der Waals surface area contributed by atoms with Crippen LogP contribution in [0.4, 0.5) is 34.1 Å². The molecule has 0 N–H and O–H groups in total. The minimum Gasteiger partial charge on any atom is -0.454 e. The van der Waals surface area contributed by atoms with Crippen molar-refractivity contribution in [2.24, 2.45) is 0 Å². The summed E-state index contributed by atoms with van der Waals surface area (Å²) in [6.07, 6.45) is 0. The van der Waals surface area contributed by atoms with Gasteiger partial charge < -0.3 is 28.1 Å². The average Bonchev–Trinajstić information content (AvgIpc) is 3.91. The van der Waals surface area contributed by atoms with Crippen molar-refractivity contribution in [1.82, 2.24) is 0 Å². The molecule has 0 radical (unpaired) electrons. The van der Waals surface area contributed by atoms with Crippen molar-refractivity contribution < 1.29 is 18.3 Å². The first-order chi connectivity index (χ1) is 32.2. The quantitative estimate of drug-likeness (QED) is 0.155. The lowest BCUT2D eigenvalue weighted by Crippen LogP contribution is -2.57. The Kier molecular flexibility index (Phi) is 8.38. The molecule has 0 bridgehead atoms. The summed E-state index contributed by atoms with van der Waals surface area (Å²) in [6, 6.07) is 66.2. The number of hydrogen-bond donors (Lipinski definition) is 0. The molecule has 316 valence electrons. The van der Waals surface area contributed by atoms with E-state index < -0.39 is 0 Å². The number of fused-ring (bicyclic) bond motifs is 12. The Labute approximate surface area is 382 Å². The van der Waals surface area contributed by atoms with Gasteiger partial charge >= 0.3 is 0 Å². The fourth-order valence-electron chi connectivity index (χ4n) is 10.1. The minimum atomic E-state index is -0.176. The number of ether oxygens (including phenoxy) is 2. The maximum absolute atomic E-state index is 6.93. The Morgan fingerprint density at radius 2 is 0.833 bits per heavy atom. The zero-order chi connectivity index (χ0) is 44.3. The van der Waals surface area contributed by atoms with Gasteiger partial charge in [0.05, 0.1) is 0 Å². The predicted molar refractivity (Wildman–Crippen MR) is 271 cm³/mol. The Hall–Kier alpha value is -8.16. The number of benzene rings is 9. The fraction of sp³-hybridized carbons (Fsp3) is 0.0847. The number of para-hydroxylation sites is 2. The number of anilines is 6. The molecule has 0 amide bonds. The van der Waals surface area contributed by atoms with Crippen LogP contribution in [-0.4, -0.2) is 6.71 Å². The molecule has 0 saturated heterocycles. The summed E-state index contributed by atoms with van der Waals surface area (Å²) in [7, 11) is 0. The molecule has 0 aliphatic carbocycles. The Morgan fingerprint density at radius 3 is 1.30 bits per heavy atom. The monoisotopic (exact) mass is 854 g/mol. The first-order valence-corrected chi connectivity index (χ1v) is 22.6. The van der Waals surface area contributed by atoms with E-state index in [4.69, 9.17) is 18.3 Å². The number of nitrogens with zero attached hydrogens (tertiary/aromatic N) is 2. The second-order valence-corrected chi connectivity index (χ2v) is 18.6. The average molecular weight is 855 g/mol. The molecule has 4 heterocycles. The summed E-state index contributed by atoms with van der Waals surface area (Å²) in [5, 5.41) is 4.06. The highest BCUT2D eigenvalue weighted by atomic mass is 16.5. The van der Waals surface area contributed by atoms with Gasteiger partial charge in [-0.2, -0.15) is 0 Å². The van der Waals surface area contributed by atoms with Gasteiger partial charge in [0, 0.05) is 73.3 Å². The molecule has 0 unspecified atom stereocenters. The van der Waals surface area contributed by atoms with Crippen molar-refractivity contribution in [2.45, 2.75) is 33.1 Å². The van der Waals surface area contributed by atoms with Crippen LogP contribution in [0, 0.1) is 6.92 Å². The van der Waals surface area contributed by atoms with Gasteiger partial charge in [0.25, 0.3) is 6.71 Å². The molecule has 0 atom stereocenters. The minimum absolute atomic E-state index is 0.0533. The van der Waals surface area contributed by atoms with E-state index >= 15 is 0 Å². The predicted octanol–water partition coefficient (Wildman–Crippen LogP) is 14.8. The molecule has 2 aromatic heterocycles. The molecule has 0 saturated carbocycles. The van der Waals surface area contributed by atoms with E-state index in [2.05, 4.69) is 201 Å². The molecule has 2 aliphatic rings. The van der Waals surface area contributed by atoms with E-state index in [-0.39, 0.29) is 12.1 Å². The molecule has 66 heavy (non-hydrogen) atoms.